The van der Waals surface area contributed by atoms with E-state index in [1.807, 2.05) is 18.2 Å². The smallest absolute Gasteiger partial charge is 0.416 e. The molecule has 5 rings (SSSR count). The van der Waals surface area contributed by atoms with Gasteiger partial charge in [-0.3, -0.25) is 9.20 Å². The number of hydrogen-bond donors (Lipinski definition) is 0. The lowest BCUT2D eigenvalue weighted by Crippen LogP contribution is -2.17. The van der Waals surface area contributed by atoms with Crippen LogP contribution in [-0.2, 0) is 6.18 Å². The summed E-state index contributed by atoms with van der Waals surface area (Å²) in [5, 5.41) is 1.74. The number of fused-ring (bicyclic) bond motifs is 1. The summed E-state index contributed by atoms with van der Waals surface area (Å²) in [7, 11) is 1.57. The van der Waals surface area contributed by atoms with Crippen molar-refractivity contribution in [2.45, 2.75) is 19.0 Å². The monoisotopic (exact) mass is 498 g/mol. The van der Waals surface area contributed by atoms with Crippen molar-refractivity contribution in [1.82, 2.24) is 9.38 Å². The summed E-state index contributed by atoms with van der Waals surface area (Å²) in [6, 6.07) is 10.1. The Morgan fingerprint density at radius 2 is 1.89 bits per heavy atom. The van der Waals surface area contributed by atoms with Crippen LogP contribution in [0.15, 0.2) is 58.8 Å². The first-order valence-corrected chi connectivity index (χ1v) is 11.9. The summed E-state index contributed by atoms with van der Waals surface area (Å²) in [6.45, 7) is 0.663. The molecule has 0 saturated heterocycles. The zero-order valence-electron chi connectivity index (χ0n) is 18.7. The van der Waals surface area contributed by atoms with E-state index in [2.05, 4.69) is 4.98 Å². The minimum absolute atomic E-state index is 0.224. The van der Waals surface area contributed by atoms with Crippen LogP contribution in [0.1, 0.15) is 29.7 Å². The number of hydrogen-bond acceptors (Lipinski definition) is 5. The second kappa shape index (κ2) is 9.22. The highest BCUT2D eigenvalue weighted by atomic mass is 32.1. The van der Waals surface area contributed by atoms with Gasteiger partial charge in [0.25, 0.3) is 5.56 Å². The fraction of sp³-hybridized carbons (Fsp3) is 0.231. The van der Waals surface area contributed by atoms with Crippen LogP contribution in [0.25, 0.3) is 28.2 Å². The first-order chi connectivity index (χ1) is 16.8. The number of methoxy groups -OCH3 is 1. The van der Waals surface area contributed by atoms with E-state index in [0.29, 0.717) is 40.2 Å². The Bertz CT molecular complexity index is 1450. The Balaban J connectivity index is 1.52. The average Bonchev–Trinajstić information content (AvgIpc) is 3.55. The van der Waals surface area contributed by atoms with Gasteiger partial charge >= 0.3 is 6.18 Å². The third-order valence-corrected chi connectivity index (χ3v) is 6.54. The molecule has 0 N–H and O–H groups in total. The molecule has 1 aliphatic rings. The summed E-state index contributed by atoms with van der Waals surface area (Å²) in [4.78, 5) is 18.3. The third kappa shape index (κ3) is 4.95. The summed E-state index contributed by atoms with van der Waals surface area (Å²) >= 11 is 1.30. The van der Waals surface area contributed by atoms with Crippen molar-refractivity contribution < 1.29 is 22.6 Å². The van der Waals surface area contributed by atoms with Gasteiger partial charge in [-0.2, -0.15) is 13.2 Å². The molecule has 0 aliphatic heterocycles. The molecule has 4 aromatic rings. The minimum atomic E-state index is -4.46. The fourth-order valence-corrected chi connectivity index (χ4v) is 4.40. The van der Waals surface area contributed by atoms with E-state index in [9.17, 15) is 18.0 Å². The molecule has 0 spiro atoms. The molecule has 180 valence electrons. The van der Waals surface area contributed by atoms with E-state index in [0.717, 1.165) is 17.7 Å². The van der Waals surface area contributed by atoms with Crippen molar-refractivity contribution >= 4 is 28.4 Å². The number of aromatic nitrogens is 2. The number of ether oxygens (including phenoxy) is 2. The number of alkyl halides is 3. The Kier molecular flexibility index (Phi) is 6.10. The fourth-order valence-electron chi connectivity index (χ4n) is 3.69. The lowest BCUT2D eigenvalue weighted by Gasteiger charge is -2.11. The van der Waals surface area contributed by atoms with Gasteiger partial charge in [-0.25, -0.2) is 4.98 Å². The molecule has 9 heteroatoms. The standard InChI is InChI=1S/C26H21F3N2O3S/c1-33-22-14-16(5-11-21(22)34-15-17-2-3-17)4-10-20-23(24(32)31-12-13-35-25(31)30-20)18-6-8-19(9-7-18)26(27,28)29/h4-14,17H,2-3,15H2,1H3/b10-4+. The predicted octanol–water partition coefficient (Wildman–Crippen LogP) is 6.41. The van der Waals surface area contributed by atoms with Gasteiger partial charge in [-0.1, -0.05) is 24.3 Å². The van der Waals surface area contributed by atoms with Crippen LogP contribution in [0.5, 0.6) is 11.5 Å². The number of halogens is 3. The molecule has 0 atom stereocenters. The molecular formula is C26H21F3N2O3S. The zero-order valence-corrected chi connectivity index (χ0v) is 19.5. The van der Waals surface area contributed by atoms with Gasteiger partial charge in [0.15, 0.2) is 16.5 Å². The molecule has 2 heterocycles. The van der Waals surface area contributed by atoms with E-state index in [1.165, 1.54) is 40.7 Å². The molecular weight excluding hydrogens is 477 g/mol. The molecule has 5 nitrogen and oxygen atoms in total. The molecule has 0 amide bonds. The Morgan fingerprint density at radius 3 is 2.57 bits per heavy atom. The molecule has 2 aromatic carbocycles. The second-order valence-electron chi connectivity index (χ2n) is 8.31. The highest BCUT2D eigenvalue weighted by Gasteiger charge is 2.30. The summed E-state index contributed by atoms with van der Waals surface area (Å²) in [5.74, 6) is 1.87. The highest BCUT2D eigenvalue weighted by molar-refractivity contribution is 7.15. The molecule has 1 aliphatic carbocycles. The van der Waals surface area contributed by atoms with Crippen LogP contribution < -0.4 is 15.0 Å². The topological polar surface area (TPSA) is 52.8 Å². The van der Waals surface area contributed by atoms with Crippen molar-refractivity contribution in [3.63, 3.8) is 0 Å². The normalized spacial score (nSPS) is 14.1. The molecule has 0 radical (unpaired) electrons. The Labute approximate surface area is 203 Å². The van der Waals surface area contributed by atoms with Crippen molar-refractivity contribution in [2.75, 3.05) is 13.7 Å². The van der Waals surface area contributed by atoms with Crippen LogP contribution in [0.4, 0.5) is 13.2 Å². The third-order valence-electron chi connectivity index (χ3n) is 5.79. The SMILES string of the molecule is COc1cc(/C=C/c2nc3sccn3c(=O)c2-c2ccc(C(F)(F)F)cc2)ccc1OCC1CC1. The van der Waals surface area contributed by atoms with Crippen LogP contribution in [-0.4, -0.2) is 23.1 Å². The van der Waals surface area contributed by atoms with Gasteiger partial charge < -0.3 is 9.47 Å². The highest BCUT2D eigenvalue weighted by Crippen LogP contribution is 2.34. The number of thiazole rings is 1. The first-order valence-electron chi connectivity index (χ1n) is 11.0. The Hall–Kier alpha value is -3.59. The minimum Gasteiger partial charge on any atom is -0.493 e. The maximum atomic E-state index is 13.2. The van der Waals surface area contributed by atoms with E-state index >= 15 is 0 Å². The number of benzene rings is 2. The quantitative estimate of drug-likeness (QED) is 0.296. The molecule has 1 fully saturated rings. The van der Waals surface area contributed by atoms with Crippen LogP contribution in [0.3, 0.4) is 0 Å². The largest absolute Gasteiger partial charge is 0.493 e. The van der Waals surface area contributed by atoms with E-state index in [4.69, 9.17) is 9.47 Å². The van der Waals surface area contributed by atoms with E-state index in [1.54, 1.807) is 30.8 Å². The van der Waals surface area contributed by atoms with Gasteiger partial charge in [0.2, 0.25) is 0 Å². The first kappa shape index (κ1) is 23.2. The van der Waals surface area contributed by atoms with Crippen molar-refractivity contribution in [3.05, 3.63) is 81.2 Å². The molecule has 1 saturated carbocycles. The predicted molar refractivity (Wildman–Crippen MR) is 130 cm³/mol. The number of rotatable bonds is 7. The maximum Gasteiger partial charge on any atom is 0.416 e. The van der Waals surface area contributed by atoms with Crippen LogP contribution >= 0.6 is 11.3 Å². The van der Waals surface area contributed by atoms with Gasteiger partial charge in [-0.15, -0.1) is 11.3 Å². The van der Waals surface area contributed by atoms with Crippen molar-refractivity contribution in [3.8, 4) is 22.6 Å². The van der Waals surface area contributed by atoms with Crippen LogP contribution in [0.2, 0.25) is 0 Å². The second-order valence-corrected chi connectivity index (χ2v) is 9.18. The van der Waals surface area contributed by atoms with Gasteiger partial charge in [0.1, 0.15) is 0 Å². The number of nitrogens with zero attached hydrogens (tertiary/aromatic N) is 2. The molecule has 2 aromatic heterocycles. The summed E-state index contributed by atoms with van der Waals surface area (Å²) in [6.07, 6.45) is 2.99. The van der Waals surface area contributed by atoms with Gasteiger partial charge in [0, 0.05) is 11.6 Å². The summed E-state index contributed by atoms with van der Waals surface area (Å²) in [5.41, 5.74) is 0.618. The van der Waals surface area contributed by atoms with E-state index in [-0.39, 0.29) is 11.1 Å². The van der Waals surface area contributed by atoms with E-state index < -0.39 is 11.7 Å². The molecule has 0 unspecified atom stereocenters. The zero-order chi connectivity index (χ0) is 24.6. The Morgan fingerprint density at radius 1 is 1.11 bits per heavy atom. The van der Waals surface area contributed by atoms with Crippen molar-refractivity contribution in [2.24, 2.45) is 5.92 Å². The maximum absolute atomic E-state index is 13.2. The average molecular weight is 499 g/mol. The summed E-state index contributed by atoms with van der Waals surface area (Å²) < 4.78 is 51.8. The van der Waals surface area contributed by atoms with Crippen molar-refractivity contribution in [1.29, 1.82) is 0 Å². The molecule has 0 bridgehead atoms. The van der Waals surface area contributed by atoms with Crippen LogP contribution in [0, 0.1) is 5.92 Å². The lowest BCUT2D eigenvalue weighted by molar-refractivity contribution is -0.137. The van der Waals surface area contributed by atoms with Gasteiger partial charge in [0.05, 0.1) is 30.5 Å². The van der Waals surface area contributed by atoms with Gasteiger partial charge in [-0.05, 0) is 60.2 Å². The molecule has 35 heavy (non-hydrogen) atoms. The lowest BCUT2D eigenvalue weighted by atomic mass is 10.0.